The standard InChI is InChI=1S/C16H16FNO3/c1-2-21-14-9-8-12(10-13(14)17)18-16(20)15(19)11-6-4-3-5-7-11/h3-10,15,19H,2H2,1H3,(H,18,20). The Morgan fingerprint density at radius 1 is 1.29 bits per heavy atom. The predicted octanol–water partition coefficient (Wildman–Crippen LogP) is 2.90. The number of aliphatic hydroxyl groups excluding tert-OH is 1. The number of halogens is 1. The van der Waals surface area contributed by atoms with Crippen LogP contribution >= 0.6 is 0 Å². The van der Waals surface area contributed by atoms with E-state index in [1.54, 1.807) is 37.3 Å². The first-order valence-corrected chi connectivity index (χ1v) is 6.58. The van der Waals surface area contributed by atoms with Crippen molar-refractivity contribution >= 4 is 11.6 Å². The lowest BCUT2D eigenvalue weighted by Gasteiger charge is -2.12. The van der Waals surface area contributed by atoms with Crippen LogP contribution in [0.25, 0.3) is 0 Å². The van der Waals surface area contributed by atoms with Crippen molar-refractivity contribution in [3.8, 4) is 5.75 Å². The summed E-state index contributed by atoms with van der Waals surface area (Å²) in [5, 5.41) is 12.4. The van der Waals surface area contributed by atoms with Crippen LogP contribution in [-0.2, 0) is 4.79 Å². The van der Waals surface area contributed by atoms with Crippen LogP contribution in [0.4, 0.5) is 10.1 Å². The zero-order chi connectivity index (χ0) is 15.2. The summed E-state index contributed by atoms with van der Waals surface area (Å²) >= 11 is 0. The van der Waals surface area contributed by atoms with E-state index in [4.69, 9.17) is 4.74 Å². The first-order chi connectivity index (χ1) is 10.1. The first kappa shape index (κ1) is 15.0. The Morgan fingerprint density at radius 3 is 2.62 bits per heavy atom. The molecule has 0 fully saturated rings. The highest BCUT2D eigenvalue weighted by Gasteiger charge is 2.17. The van der Waals surface area contributed by atoms with Crippen molar-refractivity contribution in [1.29, 1.82) is 0 Å². The van der Waals surface area contributed by atoms with Gasteiger partial charge < -0.3 is 15.2 Å². The second-order valence-corrected chi connectivity index (χ2v) is 4.38. The van der Waals surface area contributed by atoms with E-state index in [1.165, 1.54) is 12.1 Å². The van der Waals surface area contributed by atoms with Gasteiger partial charge in [0.25, 0.3) is 5.91 Å². The Kier molecular flexibility index (Phi) is 4.90. The summed E-state index contributed by atoms with van der Waals surface area (Å²) in [5.74, 6) is -1.06. The molecule has 2 N–H and O–H groups in total. The molecule has 0 aromatic heterocycles. The van der Waals surface area contributed by atoms with Gasteiger partial charge in [-0.2, -0.15) is 0 Å². The van der Waals surface area contributed by atoms with Gasteiger partial charge in [0.05, 0.1) is 6.61 Å². The normalized spacial score (nSPS) is 11.8. The summed E-state index contributed by atoms with van der Waals surface area (Å²) < 4.78 is 18.7. The van der Waals surface area contributed by atoms with Gasteiger partial charge in [0.15, 0.2) is 17.7 Å². The minimum atomic E-state index is -1.30. The molecule has 2 aromatic carbocycles. The summed E-state index contributed by atoms with van der Waals surface area (Å²) in [4.78, 5) is 11.9. The summed E-state index contributed by atoms with van der Waals surface area (Å²) in [7, 11) is 0. The molecule has 5 heteroatoms. The van der Waals surface area contributed by atoms with E-state index in [0.717, 1.165) is 6.07 Å². The van der Waals surface area contributed by atoms with Gasteiger partial charge in [0.2, 0.25) is 0 Å². The van der Waals surface area contributed by atoms with Gasteiger partial charge in [0.1, 0.15) is 0 Å². The van der Waals surface area contributed by atoms with Crippen molar-refractivity contribution in [1.82, 2.24) is 0 Å². The number of benzene rings is 2. The second-order valence-electron chi connectivity index (χ2n) is 4.38. The van der Waals surface area contributed by atoms with Crippen molar-refractivity contribution in [3.63, 3.8) is 0 Å². The molecule has 0 aliphatic carbocycles. The number of anilines is 1. The number of rotatable bonds is 5. The third-order valence-electron chi connectivity index (χ3n) is 2.86. The van der Waals surface area contributed by atoms with Crippen molar-refractivity contribution in [3.05, 3.63) is 59.9 Å². The lowest BCUT2D eigenvalue weighted by molar-refractivity contribution is -0.124. The molecule has 0 radical (unpaired) electrons. The highest BCUT2D eigenvalue weighted by Crippen LogP contribution is 2.22. The smallest absolute Gasteiger partial charge is 0.257 e. The maximum Gasteiger partial charge on any atom is 0.257 e. The van der Waals surface area contributed by atoms with Crippen LogP contribution in [0.15, 0.2) is 48.5 Å². The molecular weight excluding hydrogens is 273 g/mol. The van der Waals surface area contributed by atoms with Crippen molar-refractivity contribution in [2.24, 2.45) is 0 Å². The van der Waals surface area contributed by atoms with Crippen molar-refractivity contribution < 1.29 is 19.0 Å². The maximum atomic E-state index is 13.7. The lowest BCUT2D eigenvalue weighted by Crippen LogP contribution is -2.20. The molecule has 1 unspecified atom stereocenters. The minimum Gasteiger partial charge on any atom is -0.491 e. The van der Waals surface area contributed by atoms with Crippen LogP contribution < -0.4 is 10.1 Å². The van der Waals surface area contributed by atoms with E-state index in [-0.39, 0.29) is 11.4 Å². The molecular formula is C16H16FNO3. The van der Waals surface area contributed by atoms with E-state index in [0.29, 0.717) is 12.2 Å². The molecule has 0 bridgehead atoms. The number of nitrogens with one attached hydrogen (secondary N) is 1. The molecule has 0 saturated carbocycles. The van der Waals surface area contributed by atoms with E-state index in [2.05, 4.69) is 5.32 Å². The van der Waals surface area contributed by atoms with Gasteiger partial charge in [-0.25, -0.2) is 4.39 Å². The fourth-order valence-corrected chi connectivity index (χ4v) is 1.85. The SMILES string of the molecule is CCOc1ccc(NC(=O)C(O)c2ccccc2)cc1F. The van der Waals surface area contributed by atoms with Crippen LogP contribution in [0.2, 0.25) is 0 Å². The summed E-state index contributed by atoms with van der Waals surface area (Å²) in [5.41, 5.74) is 0.734. The molecule has 0 saturated heterocycles. The topological polar surface area (TPSA) is 58.6 Å². The zero-order valence-electron chi connectivity index (χ0n) is 11.5. The summed E-state index contributed by atoms with van der Waals surface area (Å²) in [6.07, 6.45) is -1.30. The lowest BCUT2D eigenvalue weighted by atomic mass is 10.1. The highest BCUT2D eigenvalue weighted by atomic mass is 19.1. The molecule has 4 nitrogen and oxygen atoms in total. The van der Waals surface area contributed by atoms with Gasteiger partial charge >= 0.3 is 0 Å². The molecule has 21 heavy (non-hydrogen) atoms. The number of ether oxygens (including phenoxy) is 1. The predicted molar refractivity (Wildman–Crippen MR) is 77.6 cm³/mol. The quantitative estimate of drug-likeness (QED) is 0.889. The van der Waals surface area contributed by atoms with E-state index in [9.17, 15) is 14.3 Å². The number of hydrogen-bond donors (Lipinski definition) is 2. The van der Waals surface area contributed by atoms with Crippen LogP contribution in [-0.4, -0.2) is 17.6 Å². The van der Waals surface area contributed by atoms with Gasteiger partial charge in [-0.1, -0.05) is 30.3 Å². The fourth-order valence-electron chi connectivity index (χ4n) is 1.85. The number of amides is 1. The first-order valence-electron chi connectivity index (χ1n) is 6.58. The highest BCUT2D eigenvalue weighted by molar-refractivity contribution is 5.94. The van der Waals surface area contributed by atoms with Crippen molar-refractivity contribution in [2.75, 3.05) is 11.9 Å². The Bertz CT molecular complexity index is 616. The van der Waals surface area contributed by atoms with E-state index in [1.807, 2.05) is 0 Å². The number of hydrogen-bond acceptors (Lipinski definition) is 3. The Morgan fingerprint density at radius 2 is 2.00 bits per heavy atom. The van der Waals surface area contributed by atoms with E-state index < -0.39 is 17.8 Å². The molecule has 0 spiro atoms. The Balaban J connectivity index is 2.07. The maximum absolute atomic E-state index is 13.7. The van der Waals surface area contributed by atoms with Crippen LogP contribution in [0, 0.1) is 5.82 Å². The van der Waals surface area contributed by atoms with Gasteiger partial charge in [0, 0.05) is 11.8 Å². The molecule has 1 amide bonds. The number of carbonyl (C=O) groups is 1. The second kappa shape index (κ2) is 6.85. The molecule has 2 aromatic rings. The zero-order valence-corrected chi connectivity index (χ0v) is 11.5. The van der Waals surface area contributed by atoms with E-state index >= 15 is 0 Å². The average molecular weight is 289 g/mol. The molecule has 110 valence electrons. The third-order valence-corrected chi connectivity index (χ3v) is 2.86. The third kappa shape index (κ3) is 3.79. The summed E-state index contributed by atoms with van der Waals surface area (Å²) in [6, 6.07) is 12.6. The molecule has 0 aliphatic rings. The van der Waals surface area contributed by atoms with Gasteiger partial charge in [-0.15, -0.1) is 0 Å². The molecule has 1 atom stereocenters. The molecule has 0 heterocycles. The minimum absolute atomic E-state index is 0.124. The average Bonchev–Trinajstić information content (AvgIpc) is 2.50. The largest absolute Gasteiger partial charge is 0.491 e. The number of carbonyl (C=O) groups excluding carboxylic acids is 1. The van der Waals surface area contributed by atoms with Gasteiger partial charge in [-0.05, 0) is 24.6 Å². The Hall–Kier alpha value is -2.40. The number of aliphatic hydroxyl groups is 1. The van der Waals surface area contributed by atoms with Gasteiger partial charge in [-0.3, -0.25) is 4.79 Å². The van der Waals surface area contributed by atoms with Crippen LogP contribution in [0.3, 0.4) is 0 Å². The van der Waals surface area contributed by atoms with Crippen LogP contribution in [0.1, 0.15) is 18.6 Å². The summed E-state index contributed by atoms with van der Waals surface area (Å²) in [6.45, 7) is 2.11. The van der Waals surface area contributed by atoms with Crippen LogP contribution in [0.5, 0.6) is 5.75 Å². The molecule has 0 aliphatic heterocycles. The monoisotopic (exact) mass is 289 g/mol. The molecule has 2 rings (SSSR count). The Labute approximate surface area is 122 Å². The van der Waals surface area contributed by atoms with Crippen molar-refractivity contribution in [2.45, 2.75) is 13.0 Å². The fraction of sp³-hybridized carbons (Fsp3) is 0.188.